The molecule has 0 unspecified atom stereocenters. The van der Waals surface area contributed by atoms with Crippen LogP contribution in [0.2, 0.25) is 0 Å². The van der Waals surface area contributed by atoms with E-state index in [1.165, 1.54) is 22.7 Å². The molecule has 1 N–H and O–H groups in total. The minimum Gasteiger partial charge on any atom is -0.463 e. The average Bonchev–Trinajstić information content (AvgIpc) is 3.63. The fraction of sp³-hybridized carbons (Fsp3) is 0.167. The Hall–Kier alpha value is -4.01. The molecule has 1 aliphatic heterocycles. The number of aromatic amines is 1. The molecule has 1 aliphatic rings. The van der Waals surface area contributed by atoms with Gasteiger partial charge < -0.3 is 9.72 Å². The highest BCUT2D eigenvalue weighted by Crippen LogP contribution is 2.34. The molecule has 5 aromatic rings. The van der Waals surface area contributed by atoms with Gasteiger partial charge in [0.15, 0.2) is 4.80 Å². The van der Waals surface area contributed by atoms with E-state index in [-0.39, 0.29) is 12.2 Å². The van der Waals surface area contributed by atoms with Crippen LogP contribution in [-0.2, 0) is 9.53 Å². The van der Waals surface area contributed by atoms with Gasteiger partial charge in [0.2, 0.25) is 0 Å². The van der Waals surface area contributed by atoms with E-state index in [9.17, 15) is 9.59 Å². The lowest BCUT2D eigenvalue weighted by Crippen LogP contribution is -2.39. The fourth-order valence-corrected chi connectivity index (χ4v) is 6.80. The molecule has 6 nitrogen and oxygen atoms in total. The number of aryl methyl sites for hydroxylation is 1. The Kier molecular flexibility index (Phi) is 6.21. The van der Waals surface area contributed by atoms with E-state index in [0.29, 0.717) is 20.6 Å². The third-order valence-corrected chi connectivity index (χ3v) is 8.57. The molecule has 8 heteroatoms. The van der Waals surface area contributed by atoms with Gasteiger partial charge in [-0.05, 0) is 56.0 Å². The Bertz CT molecular complexity index is 1890. The second kappa shape index (κ2) is 9.70. The van der Waals surface area contributed by atoms with Crippen LogP contribution in [0.5, 0.6) is 0 Å². The van der Waals surface area contributed by atoms with E-state index < -0.39 is 12.0 Å². The summed E-state index contributed by atoms with van der Waals surface area (Å²) in [4.78, 5) is 36.8. The number of hydrogen-bond acceptors (Lipinski definition) is 6. The van der Waals surface area contributed by atoms with Crippen molar-refractivity contribution >= 4 is 45.6 Å². The van der Waals surface area contributed by atoms with Crippen molar-refractivity contribution in [1.82, 2.24) is 9.55 Å². The lowest BCUT2D eigenvalue weighted by Gasteiger charge is -2.23. The summed E-state index contributed by atoms with van der Waals surface area (Å²) < 4.78 is 7.58. The minimum absolute atomic E-state index is 0.178. The number of rotatable bonds is 5. The van der Waals surface area contributed by atoms with Gasteiger partial charge in [-0.15, -0.1) is 11.3 Å². The zero-order chi connectivity index (χ0) is 26.4. The van der Waals surface area contributed by atoms with Crippen molar-refractivity contribution in [2.24, 2.45) is 4.99 Å². The molecule has 6 rings (SSSR count). The first-order chi connectivity index (χ1) is 18.5. The van der Waals surface area contributed by atoms with Gasteiger partial charge in [-0.25, -0.2) is 9.79 Å². The first kappa shape index (κ1) is 24.3. The summed E-state index contributed by atoms with van der Waals surface area (Å²) in [6, 6.07) is 19.7. The molecule has 0 aliphatic carbocycles. The van der Waals surface area contributed by atoms with Crippen LogP contribution in [0.15, 0.2) is 87.1 Å². The van der Waals surface area contributed by atoms with Gasteiger partial charge in [0, 0.05) is 21.3 Å². The topological polar surface area (TPSA) is 76.4 Å². The van der Waals surface area contributed by atoms with Crippen molar-refractivity contribution < 1.29 is 9.53 Å². The van der Waals surface area contributed by atoms with E-state index in [0.717, 1.165) is 38.2 Å². The fourth-order valence-electron chi connectivity index (χ4n) is 4.95. The molecule has 190 valence electrons. The number of carbonyl (C=O) groups is 1. The van der Waals surface area contributed by atoms with Crippen LogP contribution in [0.3, 0.4) is 0 Å². The zero-order valence-corrected chi connectivity index (χ0v) is 22.8. The van der Waals surface area contributed by atoms with Crippen molar-refractivity contribution in [3.63, 3.8) is 0 Å². The predicted octanol–water partition coefficient (Wildman–Crippen LogP) is 5.32. The van der Waals surface area contributed by atoms with Crippen molar-refractivity contribution in [2.75, 3.05) is 6.61 Å². The van der Waals surface area contributed by atoms with Gasteiger partial charge >= 0.3 is 5.97 Å². The molecule has 0 amide bonds. The number of aromatic nitrogens is 2. The first-order valence-corrected chi connectivity index (χ1v) is 14.1. The molecule has 38 heavy (non-hydrogen) atoms. The van der Waals surface area contributed by atoms with Crippen LogP contribution in [-0.4, -0.2) is 22.1 Å². The van der Waals surface area contributed by atoms with Gasteiger partial charge in [0.1, 0.15) is 6.04 Å². The maximum absolute atomic E-state index is 14.0. The molecule has 1 atom stereocenters. The summed E-state index contributed by atoms with van der Waals surface area (Å²) in [5.41, 5.74) is 5.89. The Morgan fingerprint density at radius 2 is 1.95 bits per heavy atom. The molecular formula is C30H25N3O3S2. The summed E-state index contributed by atoms with van der Waals surface area (Å²) in [7, 11) is 0. The number of thiazole rings is 1. The van der Waals surface area contributed by atoms with Crippen LogP contribution >= 0.6 is 22.7 Å². The summed E-state index contributed by atoms with van der Waals surface area (Å²) in [5.74, 6) is -0.445. The molecule has 3 aromatic heterocycles. The number of nitrogens with zero attached hydrogens (tertiary/aromatic N) is 2. The summed E-state index contributed by atoms with van der Waals surface area (Å²) in [6.45, 7) is 5.89. The van der Waals surface area contributed by atoms with E-state index in [1.54, 1.807) is 18.4 Å². The minimum atomic E-state index is -0.578. The maximum atomic E-state index is 14.0. The third kappa shape index (κ3) is 4.06. The number of H-pyrrole nitrogens is 1. The number of hydrogen-bond donors (Lipinski definition) is 1. The van der Waals surface area contributed by atoms with Crippen molar-refractivity contribution in [3.05, 3.63) is 113 Å². The standard InChI is InChI=1S/C30H25N3O3S2/c1-4-36-29(35)25-18(3)31-30-33(27(25)23-11-8-14-37-23)28(34)24(38-30)16-21-20-15-17(2)12-13-22(20)32-26(21)19-9-6-5-7-10-19/h5-16,27,32H,4H2,1-3H3/b24-16-/t27-/m0/s1. The van der Waals surface area contributed by atoms with E-state index >= 15 is 0 Å². The molecule has 0 saturated carbocycles. The van der Waals surface area contributed by atoms with Crippen molar-refractivity contribution in [3.8, 4) is 11.3 Å². The monoisotopic (exact) mass is 539 g/mol. The summed E-state index contributed by atoms with van der Waals surface area (Å²) in [6.07, 6.45) is 1.96. The highest BCUT2D eigenvalue weighted by atomic mass is 32.1. The Morgan fingerprint density at radius 3 is 2.68 bits per heavy atom. The Morgan fingerprint density at radius 1 is 1.13 bits per heavy atom. The molecule has 2 aromatic carbocycles. The van der Waals surface area contributed by atoms with Crippen molar-refractivity contribution in [1.29, 1.82) is 0 Å². The highest BCUT2D eigenvalue weighted by Gasteiger charge is 2.34. The third-order valence-electron chi connectivity index (χ3n) is 6.66. The normalized spacial score (nSPS) is 15.6. The number of fused-ring (bicyclic) bond motifs is 2. The summed E-state index contributed by atoms with van der Waals surface area (Å²) >= 11 is 2.85. The van der Waals surface area contributed by atoms with Gasteiger partial charge in [-0.1, -0.05) is 59.4 Å². The van der Waals surface area contributed by atoms with E-state index in [4.69, 9.17) is 9.73 Å². The molecule has 0 saturated heterocycles. The van der Waals surface area contributed by atoms with Crippen LogP contribution in [0.25, 0.3) is 28.2 Å². The number of thiophene rings is 1. The molecule has 0 spiro atoms. The number of nitrogens with one attached hydrogen (secondary N) is 1. The quantitative estimate of drug-likeness (QED) is 0.307. The lowest BCUT2D eigenvalue weighted by atomic mass is 10.0. The van der Waals surface area contributed by atoms with Gasteiger partial charge in [0.25, 0.3) is 5.56 Å². The van der Waals surface area contributed by atoms with Crippen molar-refractivity contribution in [2.45, 2.75) is 26.8 Å². The number of ether oxygens (including phenoxy) is 1. The molecular weight excluding hydrogens is 514 g/mol. The number of benzene rings is 2. The zero-order valence-electron chi connectivity index (χ0n) is 21.1. The van der Waals surface area contributed by atoms with Crippen LogP contribution in [0.4, 0.5) is 0 Å². The predicted molar refractivity (Wildman–Crippen MR) is 153 cm³/mol. The van der Waals surface area contributed by atoms with Gasteiger partial charge in [-0.3, -0.25) is 9.36 Å². The van der Waals surface area contributed by atoms with Crippen LogP contribution in [0, 0.1) is 6.92 Å². The SMILES string of the molecule is CCOC(=O)C1=C(C)N=c2s/c(=C\c3c(-c4ccccc4)[nH]c4ccc(C)cc34)c(=O)n2[C@H]1c1cccs1. The van der Waals surface area contributed by atoms with Crippen LogP contribution in [0.1, 0.15) is 35.9 Å². The molecule has 0 fully saturated rings. The van der Waals surface area contributed by atoms with Crippen LogP contribution < -0.4 is 14.9 Å². The highest BCUT2D eigenvalue weighted by molar-refractivity contribution is 7.10. The Labute approximate surface area is 226 Å². The average molecular weight is 540 g/mol. The smallest absolute Gasteiger partial charge is 0.338 e. The maximum Gasteiger partial charge on any atom is 0.338 e. The lowest BCUT2D eigenvalue weighted by molar-refractivity contribution is -0.139. The number of esters is 1. The molecule has 0 radical (unpaired) electrons. The second-order valence-corrected chi connectivity index (χ2v) is 11.1. The molecule has 4 heterocycles. The largest absolute Gasteiger partial charge is 0.463 e. The van der Waals surface area contributed by atoms with Gasteiger partial charge in [0.05, 0.1) is 28.1 Å². The van der Waals surface area contributed by atoms with E-state index in [2.05, 4.69) is 42.2 Å². The number of allylic oxidation sites excluding steroid dienone is 1. The van der Waals surface area contributed by atoms with Gasteiger partial charge in [-0.2, -0.15) is 0 Å². The van der Waals surface area contributed by atoms with E-state index in [1.807, 2.05) is 41.8 Å². The molecule has 0 bridgehead atoms. The number of carbonyl (C=O) groups excluding carboxylic acids is 1. The summed E-state index contributed by atoms with van der Waals surface area (Å²) in [5, 5.41) is 3.00. The Balaban J connectivity index is 1.61. The second-order valence-electron chi connectivity index (χ2n) is 9.15. The first-order valence-electron chi connectivity index (χ1n) is 12.4.